The van der Waals surface area contributed by atoms with E-state index >= 15 is 0 Å². The first-order valence-electron chi connectivity index (χ1n) is 10.3. The van der Waals surface area contributed by atoms with Gasteiger partial charge in [0, 0.05) is 17.6 Å². The van der Waals surface area contributed by atoms with Crippen molar-refractivity contribution in [2.75, 3.05) is 23.8 Å². The van der Waals surface area contributed by atoms with Crippen LogP contribution in [0.4, 0.5) is 11.4 Å². The molecule has 1 unspecified atom stereocenters. The van der Waals surface area contributed by atoms with Gasteiger partial charge in [-0.3, -0.25) is 0 Å². The van der Waals surface area contributed by atoms with Gasteiger partial charge in [-0.2, -0.15) is 0 Å². The zero-order valence-electron chi connectivity index (χ0n) is 17.7. The number of aryl methyl sites for hydroxylation is 1. The summed E-state index contributed by atoms with van der Waals surface area (Å²) in [4.78, 5) is 2.18. The number of hydrogen-bond donors (Lipinski definition) is 2. The first kappa shape index (κ1) is 19.6. The van der Waals surface area contributed by atoms with Crippen LogP contribution in [0.1, 0.15) is 38.8 Å². The van der Waals surface area contributed by atoms with Crippen LogP contribution in [-0.4, -0.2) is 24.0 Å². The molecule has 1 atom stereocenters. The number of aliphatic hydroxyl groups excluding tert-OH is 1. The summed E-state index contributed by atoms with van der Waals surface area (Å²) < 4.78 is 6.88. The second-order valence-electron chi connectivity index (χ2n) is 8.46. The molecule has 0 amide bonds. The standard InChI is InChI=1S/C25H30N2O2/c1-5-17-16-18-10-6-7-11-19(18)22(26)23(17)29-25(4)24(2,3)20-12-8-9-13-21(20)27(25)14-15-28/h6-13,16,28H,5,14-15,26H2,1-4H3. The lowest BCUT2D eigenvalue weighted by Crippen LogP contribution is -2.58. The number of anilines is 2. The fourth-order valence-corrected chi connectivity index (χ4v) is 4.67. The number of para-hydroxylation sites is 1. The third-order valence-corrected chi connectivity index (χ3v) is 6.67. The number of nitrogens with zero attached hydrogens (tertiary/aromatic N) is 1. The highest BCUT2D eigenvalue weighted by molar-refractivity contribution is 5.97. The quantitative estimate of drug-likeness (QED) is 0.610. The van der Waals surface area contributed by atoms with Crippen LogP contribution < -0.4 is 15.4 Å². The highest BCUT2D eigenvalue weighted by atomic mass is 16.5. The van der Waals surface area contributed by atoms with Gasteiger partial charge < -0.3 is 20.5 Å². The van der Waals surface area contributed by atoms with Crippen LogP contribution in [0, 0.1) is 0 Å². The van der Waals surface area contributed by atoms with Gasteiger partial charge in [0.1, 0.15) is 5.75 Å². The van der Waals surface area contributed by atoms with Crippen molar-refractivity contribution in [3.63, 3.8) is 0 Å². The Morgan fingerprint density at radius 2 is 1.72 bits per heavy atom. The molecular weight excluding hydrogens is 360 g/mol. The molecule has 0 aromatic heterocycles. The summed E-state index contributed by atoms with van der Waals surface area (Å²) in [6, 6.07) is 18.7. The lowest BCUT2D eigenvalue weighted by molar-refractivity contribution is 0.0243. The summed E-state index contributed by atoms with van der Waals surface area (Å²) in [6.45, 7) is 9.18. The van der Waals surface area contributed by atoms with Crippen molar-refractivity contribution in [1.82, 2.24) is 0 Å². The Morgan fingerprint density at radius 1 is 1.03 bits per heavy atom. The molecule has 29 heavy (non-hydrogen) atoms. The molecule has 0 fully saturated rings. The molecule has 3 N–H and O–H groups in total. The molecule has 4 heteroatoms. The van der Waals surface area contributed by atoms with Crippen LogP contribution in [0.2, 0.25) is 0 Å². The minimum Gasteiger partial charge on any atom is -0.465 e. The van der Waals surface area contributed by atoms with Gasteiger partial charge in [0.15, 0.2) is 5.72 Å². The van der Waals surface area contributed by atoms with Gasteiger partial charge in [-0.05, 0) is 55.8 Å². The summed E-state index contributed by atoms with van der Waals surface area (Å²) in [6.07, 6.45) is 0.827. The van der Waals surface area contributed by atoms with Gasteiger partial charge >= 0.3 is 0 Å². The Kier molecular flexibility index (Phi) is 4.70. The number of β-amino-alcohol motifs (C(OH)–C–C–N with tert-alkyl or cyclic N) is 1. The molecule has 0 radical (unpaired) electrons. The van der Waals surface area contributed by atoms with Crippen LogP contribution in [0.5, 0.6) is 5.75 Å². The number of benzene rings is 3. The maximum Gasteiger partial charge on any atom is 0.189 e. The van der Waals surface area contributed by atoms with Crippen LogP contribution in [0.3, 0.4) is 0 Å². The highest BCUT2D eigenvalue weighted by Crippen LogP contribution is 2.53. The van der Waals surface area contributed by atoms with Crippen molar-refractivity contribution in [3.05, 3.63) is 65.7 Å². The normalized spacial score (nSPS) is 20.1. The number of fused-ring (bicyclic) bond motifs is 2. The number of nitrogen functional groups attached to an aromatic ring is 1. The van der Waals surface area contributed by atoms with E-state index in [0.717, 1.165) is 34.2 Å². The molecule has 1 aliphatic rings. The molecule has 1 aliphatic heterocycles. The summed E-state index contributed by atoms with van der Waals surface area (Å²) in [7, 11) is 0. The molecule has 0 saturated carbocycles. The van der Waals surface area contributed by atoms with E-state index in [0.29, 0.717) is 12.2 Å². The molecule has 0 aliphatic carbocycles. The second kappa shape index (κ2) is 6.96. The second-order valence-corrected chi connectivity index (χ2v) is 8.46. The molecule has 152 valence electrons. The topological polar surface area (TPSA) is 58.7 Å². The molecule has 4 rings (SSSR count). The fourth-order valence-electron chi connectivity index (χ4n) is 4.67. The van der Waals surface area contributed by atoms with Crippen molar-refractivity contribution in [3.8, 4) is 5.75 Å². The van der Waals surface area contributed by atoms with Gasteiger partial charge in [0.2, 0.25) is 0 Å². The first-order valence-corrected chi connectivity index (χ1v) is 10.3. The largest absolute Gasteiger partial charge is 0.465 e. The maximum atomic E-state index is 9.80. The average Bonchev–Trinajstić information content (AvgIpc) is 2.89. The van der Waals surface area contributed by atoms with Crippen molar-refractivity contribution in [2.45, 2.75) is 45.3 Å². The Morgan fingerprint density at radius 3 is 2.45 bits per heavy atom. The van der Waals surface area contributed by atoms with E-state index in [9.17, 15) is 5.11 Å². The Hall–Kier alpha value is -2.72. The van der Waals surface area contributed by atoms with Gasteiger partial charge in [0.05, 0.1) is 17.7 Å². The maximum absolute atomic E-state index is 9.80. The summed E-state index contributed by atoms with van der Waals surface area (Å²) in [5.41, 5.74) is 9.75. The number of aliphatic hydroxyl groups is 1. The Balaban J connectivity index is 1.90. The van der Waals surface area contributed by atoms with E-state index in [2.05, 4.69) is 62.9 Å². The number of hydrogen-bond acceptors (Lipinski definition) is 4. The molecule has 0 bridgehead atoms. The first-order chi connectivity index (χ1) is 13.8. The smallest absolute Gasteiger partial charge is 0.189 e. The van der Waals surface area contributed by atoms with Gasteiger partial charge in [0.25, 0.3) is 0 Å². The average molecular weight is 391 g/mol. The molecule has 3 aromatic carbocycles. The van der Waals surface area contributed by atoms with Crippen LogP contribution in [0.15, 0.2) is 54.6 Å². The molecule has 4 nitrogen and oxygen atoms in total. The minimum absolute atomic E-state index is 0.0528. The Labute approximate surface area is 172 Å². The zero-order chi connectivity index (χ0) is 20.8. The number of ether oxygens (including phenoxy) is 1. The molecule has 0 saturated heterocycles. The van der Waals surface area contributed by atoms with Crippen LogP contribution >= 0.6 is 0 Å². The van der Waals surface area contributed by atoms with E-state index in [1.54, 1.807) is 0 Å². The van der Waals surface area contributed by atoms with Crippen molar-refractivity contribution >= 4 is 22.1 Å². The zero-order valence-corrected chi connectivity index (χ0v) is 17.7. The predicted octanol–water partition coefficient (Wildman–Crippen LogP) is 4.87. The predicted molar refractivity (Wildman–Crippen MR) is 121 cm³/mol. The van der Waals surface area contributed by atoms with Crippen LogP contribution in [0.25, 0.3) is 10.8 Å². The Bertz CT molecular complexity index is 1060. The third-order valence-electron chi connectivity index (χ3n) is 6.67. The summed E-state index contributed by atoms with van der Waals surface area (Å²) >= 11 is 0. The van der Waals surface area contributed by atoms with E-state index in [1.165, 1.54) is 5.56 Å². The fraction of sp³-hybridized carbons (Fsp3) is 0.360. The van der Waals surface area contributed by atoms with Crippen molar-refractivity contribution in [2.24, 2.45) is 0 Å². The van der Waals surface area contributed by atoms with E-state index in [4.69, 9.17) is 10.5 Å². The molecular formula is C25H30N2O2. The summed E-state index contributed by atoms with van der Waals surface area (Å²) in [5, 5.41) is 11.9. The molecule has 3 aromatic rings. The number of nitrogens with two attached hydrogens (primary N) is 1. The summed E-state index contributed by atoms with van der Waals surface area (Å²) in [5.74, 6) is 0.748. The van der Waals surface area contributed by atoms with Gasteiger partial charge in [-0.15, -0.1) is 0 Å². The minimum atomic E-state index is -0.695. The molecule has 0 spiro atoms. The van der Waals surface area contributed by atoms with Gasteiger partial charge in [-0.25, -0.2) is 0 Å². The molecule has 1 heterocycles. The SMILES string of the molecule is CCc1cc2ccccc2c(N)c1OC1(C)N(CCO)c2ccccc2C1(C)C. The van der Waals surface area contributed by atoms with Crippen molar-refractivity contribution < 1.29 is 9.84 Å². The monoisotopic (exact) mass is 390 g/mol. The number of rotatable bonds is 5. The highest BCUT2D eigenvalue weighted by Gasteiger charge is 2.56. The van der Waals surface area contributed by atoms with E-state index in [1.807, 2.05) is 24.3 Å². The van der Waals surface area contributed by atoms with Gasteiger partial charge in [-0.1, -0.05) is 49.4 Å². The lowest BCUT2D eigenvalue weighted by atomic mass is 9.78. The van der Waals surface area contributed by atoms with Crippen molar-refractivity contribution in [1.29, 1.82) is 0 Å². The van der Waals surface area contributed by atoms with E-state index < -0.39 is 5.72 Å². The lowest BCUT2D eigenvalue weighted by Gasteiger charge is -2.45. The van der Waals surface area contributed by atoms with Crippen LogP contribution in [-0.2, 0) is 11.8 Å². The third kappa shape index (κ3) is 2.77. The van der Waals surface area contributed by atoms with E-state index in [-0.39, 0.29) is 12.0 Å².